The van der Waals surface area contributed by atoms with Crippen molar-refractivity contribution in [3.8, 4) is 0 Å². The van der Waals surface area contributed by atoms with Crippen molar-refractivity contribution in [1.82, 2.24) is 15.2 Å². The van der Waals surface area contributed by atoms with Gasteiger partial charge in [-0.05, 0) is 13.8 Å². The van der Waals surface area contributed by atoms with Gasteiger partial charge in [0, 0.05) is 26.7 Å². The first-order valence-electron chi connectivity index (χ1n) is 5.49. The summed E-state index contributed by atoms with van der Waals surface area (Å²) in [4.78, 5) is 6.42. The van der Waals surface area contributed by atoms with Gasteiger partial charge in [0.05, 0.1) is 12.8 Å². The van der Waals surface area contributed by atoms with Crippen molar-refractivity contribution >= 4 is 11.8 Å². The van der Waals surface area contributed by atoms with Crippen molar-refractivity contribution < 1.29 is 4.74 Å². The summed E-state index contributed by atoms with van der Waals surface area (Å²) in [6.45, 7) is 7.24. The van der Waals surface area contributed by atoms with E-state index in [0.29, 0.717) is 19.1 Å². The van der Waals surface area contributed by atoms with E-state index in [2.05, 4.69) is 39.2 Å². The van der Waals surface area contributed by atoms with Gasteiger partial charge >= 0.3 is 0 Å². The van der Waals surface area contributed by atoms with Crippen LogP contribution in [0.1, 0.15) is 13.8 Å². The van der Waals surface area contributed by atoms with Crippen molar-refractivity contribution in [3.63, 3.8) is 0 Å². The van der Waals surface area contributed by atoms with Gasteiger partial charge in [-0.25, -0.2) is 0 Å². The van der Waals surface area contributed by atoms with Gasteiger partial charge in [-0.1, -0.05) is 0 Å². The highest BCUT2D eigenvalue weighted by molar-refractivity contribution is 5.38. The molecule has 90 valence electrons. The molecule has 0 aromatic carbocycles. The van der Waals surface area contributed by atoms with Crippen molar-refractivity contribution in [2.75, 3.05) is 43.6 Å². The van der Waals surface area contributed by atoms with E-state index in [0.717, 1.165) is 18.9 Å². The van der Waals surface area contributed by atoms with Crippen LogP contribution in [-0.2, 0) is 4.74 Å². The molecule has 0 saturated carbocycles. The second-order valence-corrected chi connectivity index (χ2v) is 3.23. The summed E-state index contributed by atoms with van der Waals surface area (Å²) in [5.41, 5.74) is 0. The molecule has 1 rings (SSSR count). The lowest BCUT2D eigenvalue weighted by Crippen LogP contribution is -2.25. The van der Waals surface area contributed by atoms with E-state index < -0.39 is 0 Å². The molecular formula is C10H19N5O. The van der Waals surface area contributed by atoms with Gasteiger partial charge in [0.1, 0.15) is 0 Å². The molecule has 1 aromatic heterocycles. The monoisotopic (exact) mass is 225 g/mol. The number of hydrogen-bond acceptors (Lipinski definition) is 6. The lowest BCUT2D eigenvalue weighted by molar-refractivity contribution is 0.210. The summed E-state index contributed by atoms with van der Waals surface area (Å²) < 4.78 is 4.95. The molecule has 6 nitrogen and oxygen atoms in total. The average molecular weight is 225 g/mol. The Morgan fingerprint density at radius 3 is 2.75 bits per heavy atom. The number of rotatable bonds is 7. The molecule has 16 heavy (non-hydrogen) atoms. The van der Waals surface area contributed by atoms with Gasteiger partial charge in [0.2, 0.25) is 5.95 Å². The Morgan fingerprint density at radius 1 is 1.38 bits per heavy atom. The van der Waals surface area contributed by atoms with Gasteiger partial charge < -0.3 is 15.0 Å². The van der Waals surface area contributed by atoms with E-state index in [1.54, 1.807) is 13.3 Å². The molecule has 0 aliphatic rings. The van der Waals surface area contributed by atoms with Crippen LogP contribution in [0.4, 0.5) is 11.8 Å². The third-order valence-electron chi connectivity index (χ3n) is 2.21. The highest BCUT2D eigenvalue weighted by Gasteiger charge is 2.06. The molecule has 0 amide bonds. The molecule has 0 atom stereocenters. The average Bonchev–Trinajstić information content (AvgIpc) is 2.32. The molecule has 0 unspecified atom stereocenters. The highest BCUT2D eigenvalue weighted by atomic mass is 16.5. The lowest BCUT2D eigenvalue weighted by Gasteiger charge is -2.17. The molecule has 0 radical (unpaired) electrons. The fourth-order valence-corrected chi connectivity index (χ4v) is 1.30. The molecule has 0 aliphatic heterocycles. The van der Waals surface area contributed by atoms with Crippen LogP contribution in [0.2, 0.25) is 0 Å². The molecule has 1 heterocycles. The molecule has 0 bridgehead atoms. The van der Waals surface area contributed by atoms with Gasteiger partial charge in [0.15, 0.2) is 5.82 Å². The zero-order valence-corrected chi connectivity index (χ0v) is 10.1. The minimum atomic E-state index is 0.643. The molecule has 1 aromatic rings. The standard InChI is InChI=1S/C10H19N5O/c1-4-15(5-2)10-13-9(8-12-14-10)11-6-7-16-3/h8H,4-7H2,1-3H3,(H,11,13,14). The molecule has 0 saturated heterocycles. The van der Waals surface area contributed by atoms with Gasteiger partial charge in [-0.15, -0.1) is 5.10 Å². The maximum Gasteiger partial charge on any atom is 0.247 e. The number of anilines is 2. The van der Waals surface area contributed by atoms with Crippen LogP contribution in [-0.4, -0.2) is 48.5 Å². The number of ether oxygens (including phenoxy) is 1. The molecule has 6 heteroatoms. The van der Waals surface area contributed by atoms with E-state index in [4.69, 9.17) is 4.74 Å². The summed E-state index contributed by atoms with van der Waals surface area (Å²) in [5, 5.41) is 11.0. The lowest BCUT2D eigenvalue weighted by atomic mass is 10.5. The Bertz CT molecular complexity index is 303. The van der Waals surface area contributed by atoms with Crippen LogP contribution in [0.25, 0.3) is 0 Å². The summed E-state index contributed by atoms with van der Waals surface area (Å²) >= 11 is 0. The topological polar surface area (TPSA) is 63.2 Å². The molecule has 0 fully saturated rings. The minimum Gasteiger partial charge on any atom is -0.383 e. The van der Waals surface area contributed by atoms with Crippen LogP contribution in [0.15, 0.2) is 6.20 Å². The van der Waals surface area contributed by atoms with E-state index >= 15 is 0 Å². The van der Waals surface area contributed by atoms with Crippen LogP contribution in [0.5, 0.6) is 0 Å². The Hall–Kier alpha value is -1.43. The van der Waals surface area contributed by atoms with Crippen LogP contribution >= 0.6 is 0 Å². The van der Waals surface area contributed by atoms with E-state index in [1.165, 1.54) is 0 Å². The summed E-state index contributed by atoms with van der Waals surface area (Å²) in [6.07, 6.45) is 1.61. The van der Waals surface area contributed by atoms with Crippen LogP contribution in [0.3, 0.4) is 0 Å². The number of methoxy groups -OCH3 is 1. The number of nitrogens with one attached hydrogen (secondary N) is 1. The highest BCUT2D eigenvalue weighted by Crippen LogP contribution is 2.08. The van der Waals surface area contributed by atoms with Crippen LogP contribution in [0, 0.1) is 0 Å². The number of aromatic nitrogens is 3. The predicted molar refractivity (Wildman–Crippen MR) is 63.8 cm³/mol. The number of nitrogens with zero attached hydrogens (tertiary/aromatic N) is 4. The Labute approximate surface area is 96.0 Å². The molecule has 0 spiro atoms. The fraction of sp³-hybridized carbons (Fsp3) is 0.700. The van der Waals surface area contributed by atoms with E-state index in [-0.39, 0.29) is 0 Å². The zero-order valence-electron chi connectivity index (χ0n) is 10.1. The zero-order chi connectivity index (χ0) is 11.8. The van der Waals surface area contributed by atoms with Gasteiger partial charge in [-0.3, -0.25) is 0 Å². The normalized spacial score (nSPS) is 10.2. The third kappa shape index (κ3) is 3.62. The van der Waals surface area contributed by atoms with Crippen molar-refractivity contribution in [3.05, 3.63) is 6.20 Å². The molecule has 0 aliphatic carbocycles. The Kier molecular flexibility index (Phi) is 5.49. The maximum absolute atomic E-state index is 4.95. The van der Waals surface area contributed by atoms with Crippen molar-refractivity contribution in [1.29, 1.82) is 0 Å². The number of hydrogen-bond donors (Lipinski definition) is 1. The smallest absolute Gasteiger partial charge is 0.247 e. The van der Waals surface area contributed by atoms with Crippen molar-refractivity contribution in [2.45, 2.75) is 13.8 Å². The van der Waals surface area contributed by atoms with Gasteiger partial charge in [0.25, 0.3) is 0 Å². The Balaban J connectivity index is 2.62. The van der Waals surface area contributed by atoms with E-state index in [1.807, 2.05) is 0 Å². The fourth-order valence-electron chi connectivity index (χ4n) is 1.30. The quantitative estimate of drug-likeness (QED) is 0.692. The second-order valence-electron chi connectivity index (χ2n) is 3.23. The first-order valence-corrected chi connectivity index (χ1v) is 5.49. The first-order chi connectivity index (χ1) is 7.81. The summed E-state index contributed by atoms with van der Waals surface area (Å²) in [6, 6.07) is 0. The predicted octanol–water partition coefficient (Wildman–Crippen LogP) is 0.776. The molecule has 1 N–H and O–H groups in total. The maximum atomic E-state index is 4.95. The summed E-state index contributed by atoms with van der Waals surface area (Å²) in [7, 11) is 1.67. The Morgan fingerprint density at radius 2 is 2.12 bits per heavy atom. The third-order valence-corrected chi connectivity index (χ3v) is 2.21. The first kappa shape index (κ1) is 12.6. The minimum absolute atomic E-state index is 0.643. The second kappa shape index (κ2) is 6.95. The largest absolute Gasteiger partial charge is 0.383 e. The molecular weight excluding hydrogens is 206 g/mol. The van der Waals surface area contributed by atoms with Crippen LogP contribution < -0.4 is 10.2 Å². The van der Waals surface area contributed by atoms with Gasteiger partial charge in [-0.2, -0.15) is 10.1 Å². The SMILES string of the molecule is CCN(CC)c1nncc(NCCOC)n1. The summed E-state index contributed by atoms with van der Waals surface area (Å²) in [5.74, 6) is 1.39. The van der Waals surface area contributed by atoms with E-state index in [9.17, 15) is 0 Å². The van der Waals surface area contributed by atoms with Crippen molar-refractivity contribution in [2.24, 2.45) is 0 Å².